The van der Waals surface area contributed by atoms with Crippen molar-refractivity contribution in [2.24, 2.45) is 0 Å². The Balaban J connectivity index is 2.19. The van der Waals surface area contributed by atoms with Crippen LogP contribution in [-0.2, 0) is 16.0 Å². The fraction of sp³-hybridized carbons (Fsp3) is 0.462. The fourth-order valence-corrected chi connectivity index (χ4v) is 1.44. The number of ether oxygens (including phenoxy) is 2. The highest BCUT2D eigenvalue weighted by molar-refractivity contribution is 5.78. The van der Waals surface area contributed by atoms with E-state index in [1.54, 1.807) is 31.4 Å². The van der Waals surface area contributed by atoms with E-state index in [-0.39, 0.29) is 25.5 Å². The van der Waals surface area contributed by atoms with Crippen molar-refractivity contribution in [2.45, 2.75) is 12.6 Å². The molecule has 0 saturated heterocycles. The Labute approximate surface area is 114 Å². The molecule has 112 valence electrons. The summed E-state index contributed by atoms with van der Waals surface area (Å²) >= 11 is 0. The molecular formula is C13H16F3NO3. The number of benzene rings is 1. The minimum Gasteiger partial charge on any atom is -0.497 e. The van der Waals surface area contributed by atoms with Gasteiger partial charge in [-0.25, -0.2) is 0 Å². The van der Waals surface area contributed by atoms with Gasteiger partial charge in [0, 0.05) is 6.54 Å². The number of alkyl halides is 3. The van der Waals surface area contributed by atoms with Gasteiger partial charge in [-0.05, 0) is 17.7 Å². The van der Waals surface area contributed by atoms with Crippen LogP contribution >= 0.6 is 0 Å². The van der Waals surface area contributed by atoms with Crippen molar-refractivity contribution in [3.63, 3.8) is 0 Å². The molecular weight excluding hydrogens is 275 g/mol. The van der Waals surface area contributed by atoms with Crippen LogP contribution in [0.1, 0.15) is 5.56 Å². The van der Waals surface area contributed by atoms with E-state index in [1.807, 2.05) is 0 Å². The van der Waals surface area contributed by atoms with Gasteiger partial charge in [-0.15, -0.1) is 0 Å². The van der Waals surface area contributed by atoms with Gasteiger partial charge in [0.1, 0.15) is 12.4 Å². The molecule has 0 bridgehead atoms. The molecule has 20 heavy (non-hydrogen) atoms. The van der Waals surface area contributed by atoms with Crippen LogP contribution in [0, 0.1) is 0 Å². The molecule has 0 aliphatic carbocycles. The van der Waals surface area contributed by atoms with Crippen molar-refractivity contribution in [2.75, 3.05) is 26.9 Å². The van der Waals surface area contributed by atoms with Gasteiger partial charge in [-0.2, -0.15) is 13.2 Å². The minimum atomic E-state index is -4.34. The molecule has 0 aliphatic rings. The number of hydrogen-bond acceptors (Lipinski definition) is 3. The van der Waals surface area contributed by atoms with Crippen molar-refractivity contribution in [1.29, 1.82) is 0 Å². The number of nitrogens with one attached hydrogen (secondary N) is 1. The van der Waals surface area contributed by atoms with Gasteiger partial charge < -0.3 is 14.8 Å². The summed E-state index contributed by atoms with van der Waals surface area (Å²) in [6.45, 7) is -1.43. The lowest BCUT2D eigenvalue weighted by atomic mass is 10.1. The minimum absolute atomic E-state index is 0.0467. The summed E-state index contributed by atoms with van der Waals surface area (Å²) in [6.07, 6.45) is -4.18. The third-order valence-electron chi connectivity index (χ3n) is 2.36. The molecule has 0 aromatic heterocycles. The van der Waals surface area contributed by atoms with Gasteiger partial charge >= 0.3 is 6.18 Å². The Hall–Kier alpha value is -1.76. The van der Waals surface area contributed by atoms with Crippen LogP contribution < -0.4 is 10.1 Å². The van der Waals surface area contributed by atoms with Crippen molar-refractivity contribution in [3.8, 4) is 5.75 Å². The molecule has 1 amide bonds. The molecule has 0 fully saturated rings. The Morgan fingerprint density at radius 2 is 1.90 bits per heavy atom. The van der Waals surface area contributed by atoms with E-state index in [0.717, 1.165) is 5.56 Å². The van der Waals surface area contributed by atoms with Crippen LogP contribution in [0.2, 0.25) is 0 Å². The molecule has 0 saturated carbocycles. The maximum Gasteiger partial charge on any atom is 0.411 e. The van der Waals surface area contributed by atoms with Gasteiger partial charge in [0.05, 0.1) is 20.1 Å². The zero-order chi connectivity index (χ0) is 15.0. The molecule has 1 rings (SSSR count). The first-order chi connectivity index (χ1) is 9.40. The summed E-state index contributed by atoms with van der Waals surface area (Å²) in [6, 6.07) is 6.96. The Morgan fingerprint density at radius 1 is 1.25 bits per heavy atom. The number of halogens is 3. The molecule has 0 spiro atoms. The number of rotatable bonds is 7. The molecule has 0 heterocycles. The molecule has 0 unspecified atom stereocenters. The summed E-state index contributed by atoms with van der Waals surface area (Å²) < 4.78 is 44.7. The maximum atomic E-state index is 11.8. The van der Waals surface area contributed by atoms with Gasteiger partial charge in [0.15, 0.2) is 0 Å². The highest BCUT2D eigenvalue weighted by atomic mass is 19.4. The highest BCUT2D eigenvalue weighted by Crippen LogP contribution is 2.14. The van der Waals surface area contributed by atoms with E-state index >= 15 is 0 Å². The maximum absolute atomic E-state index is 11.8. The highest BCUT2D eigenvalue weighted by Gasteiger charge is 2.27. The average Bonchev–Trinajstić information content (AvgIpc) is 2.38. The van der Waals surface area contributed by atoms with E-state index in [9.17, 15) is 18.0 Å². The Morgan fingerprint density at radius 3 is 2.45 bits per heavy atom. The summed E-state index contributed by atoms with van der Waals surface area (Å²) in [5, 5.41) is 2.48. The van der Waals surface area contributed by atoms with Crippen molar-refractivity contribution in [3.05, 3.63) is 29.8 Å². The van der Waals surface area contributed by atoms with Crippen LogP contribution in [-0.4, -0.2) is 39.0 Å². The van der Waals surface area contributed by atoms with E-state index in [2.05, 4.69) is 10.1 Å². The van der Waals surface area contributed by atoms with Gasteiger partial charge in [0.25, 0.3) is 0 Å². The first-order valence-corrected chi connectivity index (χ1v) is 5.95. The van der Waals surface area contributed by atoms with Crippen molar-refractivity contribution in [1.82, 2.24) is 5.32 Å². The zero-order valence-corrected chi connectivity index (χ0v) is 11.0. The lowest BCUT2D eigenvalue weighted by Gasteiger charge is -2.08. The fourth-order valence-electron chi connectivity index (χ4n) is 1.44. The molecule has 7 heteroatoms. The number of amides is 1. The lowest BCUT2D eigenvalue weighted by Crippen LogP contribution is -2.30. The number of carbonyl (C=O) groups excluding carboxylic acids is 1. The average molecular weight is 291 g/mol. The van der Waals surface area contributed by atoms with Crippen molar-refractivity contribution < 1.29 is 27.4 Å². The van der Waals surface area contributed by atoms with Crippen LogP contribution in [0.15, 0.2) is 24.3 Å². The smallest absolute Gasteiger partial charge is 0.411 e. The molecule has 0 radical (unpaired) electrons. The molecule has 0 aliphatic heterocycles. The third kappa shape index (κ3) is 6.98. The number of carbonyl (C=O) groups is 1. The summed E-state index contributed by atoms with van der Waals surface area (Å²) in [7, 11) is 1.54. The van der Waals surface area contributed by atoms with Crippen LogP contribution in [0.4, 0.5) is 13.2 Å². The van der Waals surface area contributed by atoms with E-state index < -0.39 is 12.8 Å². The first-order valence-electron chi connectivity index (χ1n) is 5.95. The van der Waals surface area contributed by atoms with Gasteiger partial charge in [-0.3, -0.25) is 4.79 Å². The lowest BCUT2D eigenvalue weighted by molar-refractivity contribution is -0.173. The van der Waals surface area contributed by atoms with Gasteiger partial charge in [-0.1, -0.05) is 12.1 Å². The Kier molecular flexibility index (Phi) is 6.30. The molecule has 1 aromatic rings. The number of methoxy groups -OCH3 is 1. The van der Waals surface area contributed by atoms with Gasteiger partial charge in [0.2, 0.25) is 5.91 Å². The number of hydrogen-bond donors (Lipinski definition) is 1. The third-order valence-corrected chi connectivity index (χ3v) is 2.36. The topological polar surface area (TPSA) is 47.6 Å². The SMILES string of the molecule is COc1ccc(CC(=O)NCCOCC(F)(F)F)cc1. The van der Waals surface area contributed by atoms with Crippen LogP contribution in [0.25, 0.3) is 0 Å². The van der Waals surface area contributed by atoms with Crippen molar-refractivity contribution >= 4 is 5.91 Å². The summed E-state index contributed by atoms with van der Waals surface area (Å²) in [5.41, 5.74) is 0.791. The normalized spacial score (nSPS) is 11.2. The monoisotopic (exact) mass is 291 g/mol. The quantitative estimate of drug-likeness (QED) is 0.781. The van der Waals surface area contributed by atoms with E-state index in [1.165, 1.54) is 0 Å². The second-order valence-corrected chi connectivity index (χ2v) is 4.04. The predicted molar refractivity (Wildman–Crippen MR) is 66.6 cm³/mol. The second kappa shape index (κ2) is 7.74. The van der Waals surface area contributed by atoms with E-state index in [4.69, 9.17) is 4.74 Å². The largest absolute Gasteiger partial charge is 0.497 e. The molecule has 0 atom stereocenters. The van der Waals surface area contributed by atoms with Crippen LogP contribution in [0.5, 0.6) is 5.75 Å². The molecule has 1 aromatic carbocycles. The molecule has 1 N–H and O–H groups in total. The summed E-state index contributed by atoms with van der Waals surface area (Å²) in [4.78, 5) is 11.5. The Bertz CT molecular complexity index is 418. The molecule has 4 nitrogen and oxygen atoms in total. The predicted octanol–water partition coefficient (Wildman–Crippen LogP) is 1.93. The second-order valence-electron chi connectivity index (χ2n) is 4.04. The van der Waals surface area contributed by atoms with E-state index in [0.29, 0.717) is 5.75 Å². The standard InChI is InChI=1S/C13H16F3NO3/c1-19-11-4-2-10(3-5-11)8-12(18)17-6-7-20-9-13(14,15)16/h2-5H,6-9H2,1H3,(H,17,18). The zero-order valence-electron chi connectivity index (χ0n) is 11.0. The first kappa shape index (κ1) is 16.3. The van der Waals surface area contributed by atoms with Crippen LogP contribution in [0.3, 0.4) is 0 Å². The summed E-state index contributed by atoms with van der Waals surface area (Å²) in [5.74, 6) is 0.417.